The van der Waals surface area contributed by atoms with Crippen molar-refractivity contribution in [3.8, 4) is 0 Å². The van der Waals surface area contributed by atoms with Crippen molar-refractivity contribution < 1.29 is 9.16 Å². The van der Waals surface area contributed by atoms with E-state index in [-0.39, 0.29) is 0 Å². The van der Waals surface area contributed by atoms with E-state index in [1.54, 1.807) is 11.8 Å². The van der Waals surface area contributed by atoms with Gasteiger partial charge >= 0.3 is 0 Å². The fraction of sp³-hybridized carbons (Fsp3) is 1.00. The molecule has 0 amide bonds. The fourth-order valence-electron chi connectivity index (χ4n) is 2.31. The van der Waals surface area contributed by atoms with Gasteiger partial charge in [-0.1, -0.05) is 20.8 Å². The van der Waals surface area contributed by atoms with Gasteiger partial charge < -0.3 is 9.16 Å². The van der Waals surface area contributed by atoms with E-state index in [0.717, 1.165) is 18.5 Å². The Labute approximate surface area is 125 Å². The average molecular weight is 305 g/mol. The molecular formula is C15H32O2SSi. The predicted octanol–water partition coefficient (Wildman–Crippen LogP) is 4.90. The highest BCUT2D eigenvalue weighted by molar-refractivity contribution is 7.98. The minimum absolute atomic E-state index is 0.325. The molecule has 0 N–H and O–H groups in total. The fourth-order valence-corrected chi connectivity index (χ4v) is 3.99. The van der Waals surface area contributed by atoms with Crippen LogP contribution in [0.1, 0.15) is 46.5 Å². The summed E-state index contributed by atoms with van der Waals surface area (Å²) in [5, 5.41) is 0.325. The number of hydrogen-bond donors (Lipinski definition) is 0. The second kappa shape index (κ2) is 7.48. The summed E-state index contributed by atoms with van der Waals surface area (Å²) in [6.45, 7) is 12.6. The summed E-state index contributed by atoms with van der Waals surface area (Å²) < 4.78 is 12.2. The van der Waals surface area contributed by atoms with E-state index in [0.29, 0.717) is 11.1 Å². The Morgan fingerprint density at radius 1 is 1.11 bits per heavy atom. The zero-order chi connectivity index (χ0) is 14.5. The molecule has 1 rings (SSSR count). The maximum absolute atomic E-state index is 6.51. The van der Waals surface area contributed by atoms with Gasteiger partial charge in [-0.15, -0.1) is 11.8 Å². The molecule has 1 saturated carbocycles. The number of ether oxygens (including phenoxy) is 1. The maximum Gasteiger partial charge on any atom is 0.192 e. The van der Waals surface area contributed by atoms with Gasteiger partial charge in [0.2, 0.25) is 0 Å². The third kappa shape index (κ3) is 5.78. The smallest absolute Gasteiger partial charge is 0.192 e. The van der Waals surface area contributed by atoms with Crippen LogP contribution in [0.3, 0.4) is 0 Å². The van der Waals surface area contributed by atoms with Crippen LogP contribution < -0.4 is 0 Å². The van der Waals surface area contributed by atoms with Crippen molar-refractivity contribution in [3.63, 3.8) is 0 Å². The van der Waals surface area contributed by atoms with E-state index >= 15 is 0 Å². The van der Waals surface area contributed by atoms with Gasteiger partial charge in [0, 0.05) is 6.10 Å². The van der Waals surface area contributed by atoms with Gasteiger partial charge in [-0.25, -0.2) is 0 Å². The summed E-state index contributed by atoms with van der Waals surface area (Å²) in [5.41, 5.74) is 0. The standard InChI is InChI=1S/C15H32O2SSi/c1-15(2,3)19(5,6)17-14-9-7-13(8-10-14)11-16-12-18-4/h13-14H,7-12H2,1-6H3. The second-order valence-corrected chi connectivity index (χ2v) is 12.9. The first-order chi connectivity index (χ1) is 8.76. The third-order valence-electron chi connectivity index (χ3n) is 4.62. The average Bonchev–Trinajstić information content (AvgIpc) is 2.30. The lowest BCUT2D eigenvalue weighted by molar-refractivity contribution is 0.0725. The van der Waals surface area contributed by atoms with Crippen LogP contribution in [0.2, 0.25) is 18.1 Å². The molecule has 0 atom stereocenters. The molecule has 0 bridgehead atoms. The normalized spacial score (nSPS) is 25.6. The molecule has 0 aromatic heterocycles. The van der Waals surface area contributed by atoms with Crippen LogP contribution >= 0.6 is 11.8 Å². The summed E-state index contributed by atoms with van der Waals surface area (Å²) in [4.78, 5) is 0. The molecule has 0 heterocycles. The van der Waals surface area contributed by atoms with Gasteiger partial charge in [0.1, 0.15) is 0 Å². The van der Waals surface area contributed by atoms with Gasteiger partial charge in [0.05, 0.1) is 12.5 Å². The van der Waals surface area contributed by atoms with Crippen LogP contribution in [0, 0.1) is 5.92 Å². The highest BCUT2D eigenvalue weighted by Crippen LogP contribution is 2.39. The molecule has 0 unspecified atom stereocenters. The molecular weight excluding hydrogens is 272 g/mol. The van der Waals surface area contributed by atoms with Crippen molar-refractivity contribution in [2.24, 2.45) is 5.92 Å². The van der Waals surface area contributed by atoms with E-state index < -0.39 is 8.32 Å². The molecule has 4 heteroatoms. The Bertz CT molecular complexity index is 255. The van der Waals surface area contributed by atoms with E-state index in [4.69, 9.17) is 9.16 Å². The van der Waals surface area contributed by atoms with Gasteiger partial charge in [-0.05, 0) is 56.0 Å². The van der Waals surface area contributed by atoms with Crippen LogP contribution in [0.4, 0.5) is 0 Å². The lowest BCUT2D eigenvalue weighted by Crippen LogP contribution is -2.44. The van der Waals surface area contributed by atoms with Crippen molar-refractivity contribution in [1.29, 1.82) is 0 Å². The molecule has 0 radical (unpaired) electrons. The zero-order valence-electron chi connectivity index (χ0n) is 13.6. The largest absolute Gasteiger partial charge is 0.414 e. The van der Waals surface area contributed by atoms with Crippen molar-refractivity contribution in [3.05, 3.63) is 0 Å². The Hall–Kier alpha value is 0.487. The van der Waals surface area contributed by atoms with Crippen LogP contribution in [0.25, 0.3) is 0 Å². The first-order valence-corrected chi connectivity index (χ1v) is 11.8. The second-order valence-electron chi connectivity index (χ2n) is 7.30. The Morgan fingerprint density at radius 2 is 1.68 bits per heavy atom. The SMILES string of the molecule is CSCOCC1CCC(O[Si](C)(C)C(C)(C)C)CC1. The highest BCUT2D eigenvalue weighted by atomic mass is 32.2. The number of rotatable bonds is 6. The molecule has 1 aliphatic carbocycles. The monoisotopic (exact) mass is 304 g/mol. The molecule has 0 aliphatic heterocycles. The lowest BCUT2D eigenvalue weighted by atomic mass is 9.88. The summed E-state index contributed by atoms with van der Waals surface area (Å²) in [6, 6.07) is 0. The Kier molecular flexibility index (Phi) is 6.91. The van der Waals surface area contributed by atoms with E-state index in [1.807, 2.05) is 0 Å². The highest BCUT2D eigenvalue weighted by Gasteiger charge is 2.39. The molecule has 114 valence electrons. The molecule has 2 nitrogen and oxygen atoms in total. The zero-order valence-corrected chi connectivity index (χ0v) is 15.4. The van der Waals surface area contributed by atoms with Crippen LogP contribution in [0.5, 0.6) is 0 Å². The van der Waals surface area contributed by atoms with Crippen molar-refractivity contribution >= 4 is 20.1 Å². The van der Waals surface area contributed by atoms with Gasteiger partial charge in [0.25, 0.3) is 0 Å². The molecule has 19 heavy (non-hydrogen) atoms. The summed E-state index contributed by atoms with van der Waals surface area (Å²) >= 11 is 1.76. The maximum atomic E-state index is 6.51. The minimum Gasteiger partial charge on any atom is -0.414 e. The first kappa shape index (κ1) is 17.5. The molecule has 0 spiro atoms. The lowest BCUT2D eigenvalue weighted by Gasteiger charge is -2.41. The quantitative estimate of drug-likeness (QED) is 0.395. The van der Waals surface area contributed by atoms with Crippen LogP contribution in [-0.4, -0.2) is 33.2 Å². The Morgan fingerprint density at radius 3 is 2.16 bits per heavy atom. The molecule has 0 saturated heterocycles. The first-order valence-electron chi connectivity index (χ1n) is 7.51. The Balaban J connectivity index is 2.30. The van der Waals surface area contributed by atoms with Crippen LogP contribution in [0.15, 0.2) is 0 Å². The van der Waals surface area contributed by atoms with E-state index in [2.05, 4.69) is 40.1 Å². The van der Waals surface area contributed by atoms with Crippen molar-refractivity contribution in [2.45, 2.75) is 70.7 Å². The van der Waals surface area contributed by atoms with Crippen molar-refractivity contribution in [1.82, 2.24) is 0 Å². The van der Waals surface area contributed by atoms with E-state index in [9.17, 15) is 0 Å². The summed E-state index contributed by atoms with van der Waals surface area (Å²) in [5.74, 6) is 1.59. The van der Waals surface area contributed by atoms with E-state index in [1.165, 1.54) is 25.7 Å². The van der Waals surface area contributed by atoms with Gasteiger partial charge in [-0.2, -0.15) is 0 Å². The summed E-state index contributed by atoms with van der Waals surface area (Å²) in [6.07, 6.45) is 7.57. The van der Waals surface area contributed by atoms with Crippen LogP contribution in [-0.2, 0) is 9.16 Å². The summed E-state index contributed by atoms with van der Waals surface area (Å²) in [7, 11) is -1.58. The molecule has 1 aliphatic rings. The third-order valence-corrected chi connectivity index (χ3v) is 9.55. The minimum atomic E-state index is -1.58. The molecule has 1 fully saturated rings. The topological polar surface area (TPSA) is 18.5 Å². The van der Waals surface area contributed by atoms with Gasteiger partial charge in [0.15, 0.2) is 8.32 Å². The molecule has 0 aromatic carbocycles. The van der Waals surface area contributed by atoms with Crippen molar-refractivity contribution in [2.75, 3.05) is 18.8 Å². The van der Waals surface area contributed by atoms with Gasteiger partial charge in [-0.3, -0.25) is 0 Å². The number of hydrogen-bond acceptors (Lipinski definition) is 3. The number of thioether (sulfide) groups is 1. The predicted molar refractivity (Wildman–Crippen MR) is 88.4 cm³/mol. The molecule has 0 aromatic rings.